The lowest BCUT2D eigenvalue weighted by molar-refractivity contribution is -0.291. The van der Waals surface area contributed by atoms with E-state index in [0.717, 1.165) is 19.3 Å². The van der Waals surface area contributed by atoms with E-state index >= 15 is 0 Å². The molecular weight excluding hydrogens is 396 g/mol. The summed E-state index contributed by atoms with van der Waals surface area (Å²) >= 11 is 0. The Morgan fingerprint density at radius 3 is 1.65 bits per heavy atom. The highest BCUT2D eigenvalue weighted by Gasteiger charge is 2.42. The van der Waals surface area contributed by atoms with Crippen molar-refractivity contribution in [1.82, 2.24) is 0 Å². The minimum Gasteiger partial charge on any atom is -0.388 e. The molecule has 0 bridgehead atoms. The van der Waals surface area contributed by atoms with Crippen LogP contribution in [0.4, 0.5) is 0 Å². The molecule has 0 aromatic rings. The largest absolute Gasteiger partial charge is 0.388 e. The second-order valence-corrected chi connectivity index (χ2v) is 9.23. The Bertz CT molecular complexity index is 444. The van der Waals surface area contributed by atoms with Crippen molar-refractivity contribution in [2.75, 3.05) is 6.61 Å². The first-order valence-electron chi connectivity index (χ1n) is 12.8. The summed E-state index contributed by atoms with van der Waals surface area (Å²) < 4.78 is 10.7. The third-order valence-electron chi connectivity index (χ3n) is 6.28. The minimum absolute atomic E-state index is 0.0289. The Morgan fingerprint density at radius 1 is 0.710 bits per heavy atom. The van der Waals surface area contributed by atoms with Crippen molar-refractivity contribution in [3.8, 4) is 0 Å². The molecule has 1 heterocycles. The Morgan fingerprint density at radius 2 is 1.16 bits per heavy atom. The predicted octanol–water partition coefficient (Wildman–Crippen LogP) is 4.66. The van der Waals surface area contributed by atoms with Gasteiger partial charge in [-0.3, -0.25) is 4.79 Å². The summed E-state index contributed by atoms with van der Waals surface area (Å²) in [5.74, 6) is -0.0289. The number of aliphatic hydroxyl groups excluding tert-OH is 3. The molecule has 1 aliphatic heterocycles. The predicted molar refractivity (Wildman–Crippen MR) is 123 cm³/mol. The molecule has 31 heavy (non-hydrogen) atoms. The number of ketones is 1. The summed E-state index contributed by atoms with van der Waals surface area (Å²) in [5, 5.41) is 29.3. The van der Waals surface area contributed by atoms with Crippen molar-refractivity contribution in [2.24, 2.45) is 0 Å². The highest BCUT2D eigenvalue weighted by atomic mass is 16.7. The molecule has 1 rings (SSSR count). The molecule has 3 N–H and O–H groups in total. The summed E-state index contributed by atoms with van der Waals surface area (Å²) in [4.78, 5) is 12.0. The summed E-state index contributed by atoms with van der Waals surface area (Å²) in [5.41, 5.74) is 0. The number of rotatable bonds is 19. The lowest BCUT2D eigenvalue weighted by Crippen LogP contribution is -2.57. The van der Waals surface area contributed by atoms with Crippen LogP contribution >= 0.6 is 0 Å². The number of hydrogen-bond acceptors (Lipinski definition) is 6. The number of ether oxygens (including phenoxy) is 2. The first kappa shape index (κ1) is 28.5. The van der Waals surface area contributed by atoms with E-state index in [-0.39, 0.29) is 12.4 Å². The van der Waals surface area contributed by atoms with Gasteiger partial charge < -0.3 is 24.8 Å². The summed E-state index contributed by atoms with van der Waals surface area (Å²) in [6, 6.07) is 0. The Hall–Kier alpha value is -0.530. The van der Waals surface area contributed by atoms with Crippen molar-refractivity contribution in [3.05, 3.63) is 0 Å². The molecule has 6 nitrogen and oxygen atoms in total. The van der Waals surface area contributed by atoms with E-state index in [0.29, 0.717) is 6.42 Å². The van der Waals surface area contributed by atoms with Crippen LogP contribution in [0.1, 0.15) is 117 Å². The molecule has 0 unspecified atom stereocenters. The van der Waals surface area contributed by atoms with Crippen LogP contribution in [0.5, 0.6) is 0 Å². The molecule has 1 fully saturated rings. The third kappa shape index (κ3) is 12.9. The second kappa shape index (κ2) is 18.0. The van der Waals surface area contributed by atoms with Gasteiger partial charge in [0.2, 0.25) is 0 Å². The number of carbonyl (C=O) groups excluding carboxylic acids is 1. The molecule has 1 aliphatic rings. The Labute approximate surface area is 189 Å². The van der Waals surface area contributed by atoms with Gasteiger partial charge in [0, 0.05) is 6.42 Å². The van der Waals surface area contributed by atoms with Crippen molar-refractivity contribution < 1.29 is 29.6 Å². The van der Waals surface area contributed by atoms with E-state index in [1.165, 1.54) is 77.0 Å². The number of aliphatic hydroxyl groups is 3. The van der Waals surface area contributed by atoms with Gasteiger partial charge in [-0.2, -0.15) is 0 Å². The smallest absolute Gasteiger partial charge is 0.187 e. The van der Waals surface area contributed by atoms with Gasteiger partial charge in [0.1, 0.15) is 24.9 Å². The van der Waals surface area contributed by atoms with Gasteiger partial charge in [0.15, 0.2) is 12.1 Å². The van der Waals surface area contributed by atoms with Gasteiger partial charge in [-0.25, -0.2) is 0 Å². The zero-order valence-corrected chi connectivity index (χ0v) is 20.0. The SMILES string of the molecule is CCCCCCCCCCCCCCCCCC(=O)CO[C@H]1O[C@@H](C)[C@@H](O)[C@@H](O)[C@@H]1O. The normalized spacial score (nSPS) is 26.3. The van der Waals surface area contributed by atoms with Crippen LogP contribution in [0, 0.1) is 0 Å². The standard InChI is InChI=1S/C25H48O6/c1-3-4-5-6-7-8-9-10-11-12-13-14-15-16-17-18-21(26)19-30-25-24(29)23(28)22(27)20(2)31-25/h20,22-25,27-29H,3-19H2,1-2H3/t20-,22+,23+,24-,25-/m0/s1. The van der Waals surface area contributed by atoms with Crippen LogP contribution in [0.3, 0.4) is 0 Å². The molecule has 0 aromatic heterocycles. The molecule has 0 amide bonds. The van der Waals surface area contributed by atoms with Gasteiger partial charge >= 0.3 is 0 Å². The highest BCUT2D eigenvalue weighted by Crippen LogP contribution is 2.22. The minimum atomic E-state index is -1.36. The van der Waals surface area contributed by atoms with E-state index in [1.807, 2.05) is 0 Å². The maximum absolute atomic E-state index is 12.0. The zero-order valence-electron chi connectivity index (χ0n) is 20.0. The van der Waals surface area contributed by atoms with Crippen molar-refractivity contribution in [3.63, 3.8) is 0 Å². The lowest BCUT2D eigenvalue weighted by Gasteiger charge is -2.38. The fraction of sp³-hybridized carbons (Fsp3) is 0.960. The van der Waals surface area contributed by atoms with E-state index in [1.54, 1.807) is 6.92 Å². The summed E-state index contributed by atoms with van der Waals surface area (Å²) in [6.07, 6.45) is 14.2. The molecule has 0 aromatic carbocycles. The van der Waals surface area contributed by atoms with Crippen molar-refractivity contribution in [2.45, 2.75) is 147 Å². The molecule has 6 heteroatoms. The van der Waals surface area contributed by atoms with Gasteiger partial charge in [-0.05, 0) is 13.3 Å². The van der Waals surface area contributed by atoms with E-state index < -0.39 is 30.7 Å². The molecule has 0 aliphatic carbocycles. The van der Waals surface area contributed by atoms with E-state index in [4.69, 9.17) is 9.47 Å². The fourth-order valence-electron chi connectivity index (χ4n) is 4.09. The van der Waals surface area contributed by atoms with Gasteiger partial charge in [-0.1, -0.05) is 96.8 Å². The maximum atomic E-state index is 12.0. The monoisotopic (exact) mass is 444 g/mol. The van der Waals surface area contributed by atoms with Crippen LogP contribution in [0.25, 0.3) is 0 Å². The first-order chi connectivity index (χ1) is 15.0. The van der Waals surface area contributed by atoms with E-state index in [9.17, 15) is 20.1 Å². The average Bonchev–Trinajstić information content (AvgIpc) is 2.76. The molecule has 184 valence electrons. The topological polar surface area (TPSA) is 96.2 Å². The van der Waals surface area contributed by atoms with Crippen LogP contribution in [0.2, 0.25) is 0 Å². The van der Waals surface area contributed by atoms with E-state index in [2.05, 4.69) is 6.92 Å². The molecular formula is C25H48O6. The molecule has 0 radical (unpaired) electrons. The number of Topliss-reactive ketones (excluding diaryl/α,β-unsaturated/α-hetero) is 1. The highest BCUT2D eigenvalue weighted by molar-refractivity contribution is 5.79. The van der Waals surface area contributed by atoms with Gasteiger partial charge in [0.05, 0.1) is 6.10 Å². The molecule has 0 spiro atoms. The fourth-order valence-corrected chi connectivity index (χ4v) is 4.09. The third-order valence-corrected chi connectivity index (χ3v) is 6.28. The van der Waals surface area contributed by atoms with Gasteiger partial charge in [-0.15, -0.1) is 0 Å². The number of carbonyl (C=O) groups is 1. The molecule has 5 atom stereocenters. The van der Waals surface area contributed by atoms with Crippen LogP contribution < -0.4 is 0 Å². The van der Waals surface area contributed by atoms with Crippen LogP contribution in [0.15, 0.2) is 0 Å². The lowest BCUT2D eigenvalue weighted by atomic mass is 10.00. The Kier molecular flexibility index (Phi) is 16.5. The van der Waals surface area contributed by atoms with Crippen LogP contribution in [-0.4, -0.2) is 58.4 Å². The second-order valence-electron chi connectivity index (χ2n) is 9.23. The average molecular weight is 445 g/mol. The maximum Gasteiger partial charge on any atom is 0.187 e. The quantitative estimate of drug-likeness (QED) is 0.251. The number of hydrogen-bond donors (Lipinski definition) is 3. The van der Waals surface area contributed by atoms with Crippen molar-refractivity contribution >= 4 is 5.78 Å². The molecule has 0 saturated carbocycles. The number of unbranched alkanes of at least 4 members (excludes halogenated alkanes) is 14. The van der Waals surface area contributed by atoms with Gasteiger partial charge in [0.25, 0.3) is 0 Å². The Balaban J connectivity index is 1.89. The van der Waals surface area contributed by atoms with Crippen molar-refractivity contribution in [1.29, 1.82) is 0 Å². The first-order valence-corrected chi connectivity index (χ1v) is 12.8. The summed E-state index contributed by atoms with van der Waals surface area (Å²) in [7, 11) is 0. The van der Waals surface area contributed by atoms with Crippen LogP contribution in [-0.2, 0) is 14.3 Å². The molecule has 1 saturated heterocycles. The zero-order chi connectivity index (χ0) is 22.9. The summed E-state index contributed by atoms with van der Waals surface area (Å²) in [6.45, 7) is 3.71.